The van der Waals surface area contributed by atoms with Gasteiger partial charge in [-0.3, -0.25) is 0 Å². The van der Waals surface area contributed by atoms with Crippen LogP contribution < -0.4 is 0 Å². The van der Waals surface area contributed by atoms with Crippen LogP contribution in [0.5, 0.6) is 0 Å². The predicted molar refractivity (Wildman–Crippen MR) is 432 cm³/mol. The van der Waals surface area contributed by atoms with Gasteiger partial charge in [0, 0.05) is 19.3 Å². The first-order valence-corrected chi connectivity index (χ1v) is 42.4. The Kier molecular flexibility index (Phi) is 86.1. The Labute approximate surface area is 706 Å². The van der Waals surface area contributed by atoms with Crippen molar-refractivity contribution < 1.29 is 145 Å². The molecule has 4 atom stereocenters. The SMILES string of the molecule is CC(C)C(C)(C)C(F)(F)F.CC(C)C(C)C.CC(C)CC(C(F)(F)F)C(F)(F)F.CCC(C)(C)C.CCC(C)(C)C.CCC(C)CC.CCC(CC)CC(F)(F)F.CCCC(C)(C)C(F)(F)F.CCCCC(C(F)(F)F)C(F)(F)F.CCCCCCC(F)(F)F.CCCC[C@H](C)C(F)(F)F.CCC[C@H](C)CC(F)(F)F.CC[C@H](C)C(C)C(F)(F)F. The van der Waals surface area contributed by atoms with Gasteiger partial charge in [-0.05, 0) is 90.3 Å². The van der Waals surface area contributed by atoms with E-state index in [2.05, 4.69) is 104 Å². The Hall–Kier alpha value is -2.31. The molecular weight excluding hydrogens is 1670 g/mol. The summed E-state index contributed by atoms with van der Waals surface area (Å²) in [6.45, 7) is 64.4. The molecule has 0 saturated heterocycles. The zero-order valence-corrected chi connectivity index (χ0v) is 79.6. The van der Waals surface area contributed by atoms with E-state index in [1.807, 2.05) is 20.8 Å². The molecule has 0 rings (SSSR count). The van der Waals surface area contributed by atoms with Crippen LogP contribution in [0, 0.1) is 92.7 Å². The molecule has 120 heavy (non-hydrogen) atoms. The highest BCUT2D eigenvalue weighted by Gasteiger charge is 2.57. The lowest BCUT2D eigenvalue weighted by molar-refractivity contribution is -0.288. The molecule has 0 spiro atoms. The van der Waals surface area contributed by atoms with Gasteiger partial charge in [-0.15, -0.1) is 0 Å². The number of rotatable bonds is 26. The molecule has 0 aliphatic heterocycles. The summed E-state index contributed by atoms with van der Waals surface area (Å²) in [6, 6.07) is 0. The summed E-state index contributed by atoms with van der Waals surface area (Å²) in [5.74, 6) is -7.68. The van der Waals surface area contributed by atoms with Crippen molar-refractivity contribution in [1.82, 2.24) is 0 Å². The summed E-state index contributed by atoms with van der Waals surface area (Å²) in [4.78, 5) is 0. The maximum absolute atomic E-state index is 12.1. The van der Waals surface area contributed by atoms with Gasteiger partial charge in [0.2, 0.25) is 0 Å². The van der Waals surface area contributed by atoms with Crippen molar-refractivity contribution >= 4 is 0 Å². The van der Waals surface area contributed by atoms with Gasteiger partial charge in [0.05, 0.1) is 22.7 Å². The van der Waals surface area contributed by atoms with Gasteiger partial charge in [0.15, 0.2) is 11.8 Å². The number of hydrogen-bond donors (Lipinski definition) is 0. The molecule has 0 nitrogen and oxygen atoms in total. The van der Waals surface area contributed by atoms with Gasteiger partial charge in [-0.1, -0.05) is 351 Å². The highest BCUT2D eigenvalue weighted by molar-refractivity contribution is 4.81. The molecule has 0 N–H and O–H groups in total. The molecule has 1 unspecified atom stereocenters. The van der Waals surface area contributed by atoms with Crippen molar-refractivity contribution in [3.8, 4) is 0 Å². The topological polar surface area (TPSA) is 0 Å². The van der Waals surface area contributed by atoms with Crippen LogP contribution in [0.15, 0.2) is 0 Å². The second-order valence-corrected chi connectivity index (χ2v) is 35.7. The third-order valence-electron chi connectivity index (χ3n) is 19.7. The Morgan fingerprint density at radius 1 is 0.267 bits per heavy atom. The van der Waals surface area contributed by atoms with Crippen LogP contribution in [0.3, 0.4) is 0 Å². The smallest absolute Gasteiger partial charge is 0.171 e. The first kappa shape index (κ1) is 146. The summed E-state index contributed by atoms with van der Waals surface area (Å²) in [7, 11) is 0. The van der Waals surface area contributed by atoms with Gasteiger partial charge in [0.1, 0.15) is 0 Å². The fourth-order valence-corrected chi connectivity index (χ4v) is 7.23. The summed E-state index contributed by atoms with van der Waals surface area (Å²) in [5.41, 5.74) is -1.99. The molecule has 0 bridgehead atoms. The zero-order valence-electron chi connectivity index (χ0n) is 79.6. The number of unbranched alkanes of at least 4 members (excludes halogenated alkanes) is 5. The standard InChI is InChI=1S/2C7H10F6.7C7H13F3.4C6H14/c1-4(2)3-5(6(8,9)10)7(11,12)13;1-2-3-4-5(6(8,9)10)7(11,12)13;1-5(2)6(3,4)7(8,9)10;1-4-5-6(2,3)7(8,9)10;1-4-5(2)6(3)7(8,9)10;1-3-4-6(2)5-7(8,9)10;1-3-4-5-6(2)7(8,9)10;1-3-6(4-2)5-7(8,9)10;1-2-3-4-5-6-7(8,9)10;2*1-5-6(2,3)4;1-5(2)6(3)4;1-4-6(3)5-2/h4-5H,3H2,1-2H3;5H,2-4H2,1H3;5H,1-4H3;4-5H2,1-3H3;5-6H,4H2,1-3H3;3*6H,3-5H2,1-2H3;2-6H2,1H3;2*5H2,1-4H3;5-6H,1-4H3;6H,4-5H2,1-3H3/t;;;;5-,6?;2*6-;;;;;;/m....000....../s1. The van der Waals surface area contributed by atoms with E-state index in [9.17, 15) is 145 Å². The van der Waals surface area contributed by atoms with Crippen LogP contribution in [0.2, 0.25) is 0 Å². The van der Waals surface area contributed by atoms with Gasteiger partial charge < -0.3 is 0 Å². The second-order valence-electron chi connectivity index (χ2n) is 35.7. The van der Waals surface area contributed by atoms with Crippen LogP contribution in [-0.4, -0.2) is 67.9 Å². The van der Waals surface area contributed by atoms with Crippen LogP contribution in [0.25, 0.3) is 0 Å². The summed E-state index contributed by atoms with van der Waals surface area (Å²) in [6.07, 6.45) is -38.2. The van der Waals surface area contributed by atoms with E-state index < -0.39 is 140 Å². The fourth-order valence-electron chi connectivity index (χ4n) is 7.23. The second kappa shape index (κ2) is 70.6. The molecule has 0 aliphatic rings. The molecular formula is C87H167F33. The Morgan fingerprint density at radius 3 is 0.733 bits per heavy atom. The fraction of sp³-hybridized carbons (Fsp3) is 1.00. The minimum absolute atomic E-state index is 0.0658. The number of hydrogen-bond acceptors (Lipinski definition) is 0. The van der Waals surface area contributed by atoms with Crippen LogP contribution in [-0.2, 0) is 0 Å². The molecule has 0 fully saturated rings. The number of halogens is 33. The van der Waals surface area contributed by atoms with E-state index in [0.717, 1.165) is 43.4 Å². The minimum atomic E-state index is -5.19. The van der Waals surface area contributed by atoms with E-state index in [1.54, 1.807) is 62.3 Å². The van der Waals surface area contributed by atoms with Crippen LogP contribution >= 0.6 is 0 Å². The van der Waals surface area contributed by atoms with E-state index in [1.165, 1.54) is 81.1 Å². The lowest BCUT2D eigenvalue weighted by Gasteiger charge is -2.31. The molecule has 0 radical (unpaired) electrons. The molecule has 0 saturated carbocycles. The van der Waals surface area contributed by atoms with Crippen molar-refractivity contribution in [2.45, 2.75) is 471 Å². The van der Waals surface area contributed by atoms with Gasteiger partial charge in [0.25, 0.3) is 0 Å². The first-order valence-electron chi connectivity index (χ1n) is 42.4. The molecule has 0 aromatic rings. The molecule has 746 valence electrons. The van der Waals surface area contributed by atoms with E-state index in [-0.39, 0.29) is 49.4 Å². The van der Waals surface area contributed by atoms with Crippen LogP contribution in [0.4, 0.5) is 145 Å². The van der Waals surface area contributed by atoms with Gasteiger partial charge in [-0.25, -0.2) is 0 Å². The normalized spacial score (nSPS) is 13.8. The van der Waals surface area contributed by atoms with E-state index in [0.29, 0.717) is 62.2 Å². The average Bonchev–Trinajstić information content (AvgIpc) is 0.843. The average molecular weight is 1840 g/mol. The van der Waals surface area contributed by atoms with Crippen LogP contribution in [0.1, 0.15) is 403 Å². The molecule has 0 heterocycles. The minimum Gasteiger partial charge on any atom is -0.171 e. The maximum Gasteiger partial charge on any atom is 0.400 e. The Bertz CT molecular complexity index is 2090. The van der Waals surface area contributed by atoms with E-state index in [4.69, 9.17) is 0 Å². The molecule has 0 aromatic heterocycles. The lowest BCUT2D eigenvalue weighted by atomic mass is 9.81. The summed E-state index contributed by atoms with van der Waals surface area (Å²) >= 11 is 0. The highest BCUT2D eigenvalue weighted by Crippen LogP contribution is 2.46. The molecule has 0 aliphatic carbocycles. The van der Waals surface area contributed by atoms with E-state index >= 15 is 0 Å². The quantitative estimate of drug-likeness (QED) is 0.0598. The molecule has 0 amide bonds. The predicted octanol–water partition coefficient (Wildman–Crippen LogP) is 40.8. The molecule has 33 heteroatoms. The van der Waals surface area contributed by atoms with Crippen molar-refractivity contribution in [2.24, 2.45) is 92.7 Å². The monoisotopic (exact) mass is 1840 g/mol. The first-order chi connectivity index (χ1) is 52.7. The molecule has 0 aromatic carbocycles. The largest absolute Gasteiger partial charge is 0.400 e. The zero-order chi connectivity index (χ0) is 100. The lowest BCUT2D eigenvalue weighted by Crippen LogP contribution is -2.37. The van der Waals surface area contributed by atoms with Gasteiger partial charge >= 0.3 is 67.9 Å². The van der Waals surface area contributed by atoms with Crippen molar-refractivity contribution in [1.29, 1.82) is 0 Å². The summed E-state index contributed by atoms with van der Waals surface area (Å²) < 4.78 is 390. The van der Waals surface area contributed by atoms with Gasteiger partial charge in [-0.2, -0.15) is 145 Å². The number of alkyl halides is 33. The van der Waals surface area contributed by atoms with Crippen molar-refractivity contribution in [2.75, 3.05) is 0 Å². The Balaban J connectivity index is -0.0000000946. The third kappa shape index (κ3) is 110. The van der Waals surface area contributed by atoms with Crippen molar-refractivity contribution in [3.05, 3.63) is 0 Å². The Morgan fingerprint density at radius 2 is 0.592 bits per heavy atom. The highest BCUT2D eigenvalue weighted by atomic mass is 19.5. The maximum atomic E-state index is 12.1. The van der Waals surface area contributed by atoms with Crippen molar-refractivity contribution in [3.63, 3.8) is 0 Å². The third-order valence-corrected chi connectivity index (χ3v) is 19.7. The summed E-state index contributed by atoms with van der Waals surface area (Å²) in [5, 5.41) is 0.